The molecule has 0 unspecified atom stereocenters. The van der Waals surface area contributed by atoms with Gasteiger partial charge >= 0.3 is 0 Å². The van der Waals surface area contributed by atoms with Crippen molar-refractivity contribution in [3.05, 3.63) is 66.2 Å². The van der Waals surface area contributed by atoms with Gasteiger partial charge in [0.05, 0.1) is 23.6 Å². The average molecular weight is 307 g/mol. The minimum atomic E-state index is 0.459. The molecule has 5 heteroatoms. The first-order valence-corrected chi connectivity index (χ1v) is 8.21. The monoisotopic (exact) mass is 307 g/mol. The fourth-order valence-electron chi connectivity index (χ4n) is 3.45. The van der Waals surface area contributed by atoms with Crippen molar-refractivity contribution in [1.82, 2.24) is 24.5 Å². The molecule has 118 valence electrons. The van der Waals surface area contributed by atoms with Crippen molar-refractivity contribution in [2.45, 2.75) is 32.5 Å². The minimum absolute atomic E-state index is 0.459. The summed E-state index contributed by atoms with van der Waals surface area (Å²) in [6, 6.07) is 15.0. The first kappa shape index (κ1) is 14.2. The lowest BCUT2D eigenvalue weighted by molar-refractivity contribution is 0.142. The van der Waals surface area contributed by atoms with Crippen LogP contribution in [0.5, 0.6) is 0 Å². The van der Waals surface area contributed by atoms with Gasteiger partial charge in [0.15, 0.2) is 0 Å². The van der Waals surface area contributed by atoms with Crippen molar-refractivity contribution in [3.63, 3.8) is 0 Å². The maximum absolute atomic E-state index is 4.36. The molecule has 1 aromatic carbocycles. The average Bonchev–Trinajstić information content (AvgIpc) is 3.24. The van der Waals surface area contributed by atoms with Gasteiger partial charge in [-0.25, -0.2) is 4.68 Å². The Balaban J connectivity index is 1.54. The number of hydrogen-bond donors (Lipinski definition) is 0. The van der Waals surface area contributed by atoms with Gasteiger partial charge in [-0.05, 0) is 30.7 Å². The highest BCUT2D eigenvalue weighted by molar-refractivity contribution is 5.30. The summed E-state index contributed by atoms with van der Waals surface area (Å²) in [6.45, 7) is 5.20. The molecule has 3 aromatic rings. The van der Waals surface area contributed by atoms with Crippen molar-refractivity contribution < 1.29 is 0 Å². The lowest BCUT2D eigenvalue weighted by atomic mass is 10.1. The van der Waals surface area contributed by atoms with Crippen molar-refractivity contribution in [1.29, 1.82) is 0 Å². The first-order valence-electron chi connectivity index (χ1n) is 8.21. The topological polar surface area (TPSA) is 38.9 Å². The van der Waals surface area contributed by atoms with E-state index in [2.05, 4.69) is 45.0 Å². The van der Waals surface area contributed by atoms with Gasteiger partial charge in [-0.2, -0.15) is 0 Å². The lowest BCUT2D eigenvalue weighted by Gasteiger charge is -2.36. The number of fused-ring (bicyclic) bond motifs is 1. The lowest BCUT2D eigenvalue weighted by Crippen LogP contribution is -2.37. The van der Waals surface area contributed by atoms with E-state index < -0.39 is 0 Å². The van der Waals surface area contributed by atoms with E-state index in [0.717, 1.165) is 37.4 Å². The number of nitrogens with zero attached hydrogens (tertiary/aromatic N) is 5. The molecular formula is C18H21N5. The highest BCUT2D eigenvalue weighted by Gasteiger charge is 2.26. The summed E-state index contributed by atoms with van der Waals surface area (Å²) >= 11 is 0. The third kappa shape index (κ3) is 2.68. The second kappa shape index (κ2) is 6.01. The van der Waals surface area contributed by atoms with Crippen LogP contribution in [0.2, 0.25) is 0 Å². The molecular weight excluding hydrogens is 286 g/mol. The number of benzene rings is 1. The zero-order valence-electron chi connectivity index (χ0n) is 13.3. The molecule has 0 radical (unpaired) electrons. The largest absolute Gasteiger partial charge is 0.349 e. The second-order valence-electron chi connectivity index (χ2n) is 6.01. The zero-order valence-corrected chi connectivity index (χ0v) is 13.3. The number of aromatic nitrogens is 4. The van der Waals surface area contributed by atoms with E-state index in [1.54, 1.807) is 0 Å². The van der Waals surface area contributed by atoms with E-state index in [1.807, 2.05) is 41.2 Å². The van der Waals surface area contributed by atoms with Crippen LogP contribution < -0.4 is 0 Å². The molecule has 1 aliphatic rings. The summed E-state index contributed by atoms with van der Waals surface area (Å²) in [7, 11) is 0. The van der Waals surface area contributed by atoms with Crippen LogP contribution >= 0.6 is 0 Å². The Morgan fingerprint density at radius 1 is 1.09 bits per heavy atom. The zero-order chi connectivity index (χ0) is 15.6. The van der Waals surface area contributed by atoms with Crippen LogP contribution in [0.3, 0.4) is 0 Å². The first-order chi connectivity index (χ1) is 11.3. The third-order valence-electron chi connectivity index (χ3n) is 4.59. The highest BCUT2D eigenvalue weighted by Crippen LogP contribution is 2.29. The van der Waals surface area contributed by atoms with Gasteiger partial charge in [-0.15, -0.1) is 5.10 Å². The van der Waals surface area contributed by atoms with Gasteiger partial charge in [0.25, 0.3) is 0 Å². The quantitative estimate of drug-likeness (QED) is 0.743. The standard InChI is InChI=1S/C18H21N5/c1-2-17-18-9-6-10-21(18)11-12-22(17)13-15-14-23(20-19-15)16-7-4-3-5-8-16/h3-10,14,17H,2,11-13H2,1H3/t17-/m1/s1. The van der Waals surface area contributed by atoms with Crippen molar-refractivity contribution in [2.24, 2.45) is 0 Å². The maximum atomic E-state index is 4.36. The Hall–Kier alpha value is -2.40. The minimum Gasteiger partial charge on any atom is -0.349 e. The fourth-order valence-corrected chi connectivity index (χ4v) is 3.45. The van der Waals surface area contributed by atoms with E-state index in [4.69, 9.17) is 0 Å². The normalized spacial score (nSPS) is 18.0. The molecule has 0 aliphatic carbocycles. The van der Waals surface area contributed by atoms with Gasteiger partial charge in [-0.1, -0.05) is 30.3 Å². The highest BCUT2D eigenvalue weighted by atomic mass is 15.4. The molecule has 4 rings (SSSR count). The van der Waals surface area contributed by atoms with Crippen LogP contribution in [-0.4, -0.2) is 31.0 Å². The molecule has 0 saturated carbocycles. The molecule has 0 N–H and O–H groups in total. The van der Waals surface area contributed by atoms with Gasteiger partial charge in [-0.3, -0.25) is 4.90 Å². The van der Waals surface area contributed by atoms with Crippen LogP contribution in [-0.2, 0) is 13.1 Å². The molecule has 5 nitrogen and oxygen atoms in total. The van der Waals surface area contributed by atoms with Crippen molar-refractivity contribution in [2.75, 3.05) is 6.54 Å². The number of hydrogen-bond acceptors (Lipinski definition) is 3. The SMILES string of the molecule is CC[C@@H]1c2cccn2CCN1Cc1cn(-c2ccccc2)nn1. The fraction of sp³-hybridized carbons (Fsp3) is 0.333. The van der Waals surface area contributed by atoms with Gasteiger partial charge in [0.2, 0.25) is 0 Å². The van der Waals surface area contributed by atoms with E-state index in [0.29, 0.717) is 6.04 Å². The van der Waals surface area contributed by atoms with Gasteiger partial charge in [0, 0.05) is 31.5 Å². The van der Waals surface area contributed by atoms with Gasteiger partial charge < -0.3 is 4.57 Å². The van der Waals surface area contributed by atoms with Crippen LogP contribution in [0.15, 0.2) is 54.9 Å². The number of rotatable bonds is 4. The Labute approximate surface area is 136 Å². The second-order valence-corrected chi connectivity index (χ2v) is 6.01. The predicted octanol–water partition coefficient (Wildman–Crippen LogP) is 3.04. The Kier molecular flexibility index (Phi) is 3.71. The van der Waals surface area contributed by atoms with Crippen LogP contribution in [0.25, 0.3) is 5.69 Å². The molecule has 0 spiro atoms. The molecule has 0 fully saturated rings. The summed E-state index contributed by atoms with van der Waals surface area (Å²) in [5, 5.41) is 8.64. The summed E-state index contributed by atoms with van der Waals surface area (Å²) in [5.41, 5.74) is 3.48. The van der Waals surface area contributed by atoms with E-state index in [-0.39, 0.29) is 0 Å². The smallest absolute Gasteiger partial charge is 0.0972 e. The Bertz CT molecular complexity index is 774. The van der Waals surface area contributed by atoms with E-state index >= 15 is 0 Å². The summed E-state index contributed by atoms with van der Waals surface area (Å²) in [5.74, 6) is 0. The molecule has 0 saturated heterocycles. The predicted molar refractivity (Wildman–Crippen MR) is 89.2 cm³/mol. The summed E-state index contributed by atoms with van der Waals surface area (Å²) in [4.78, 5) is 2.51. The number of para-hydroxylation sites is 1. The van der Waals surface area contributed by atoms with Crippen LogP contribution in [0, 0.1) is 0 Å². The molecule has 0 amide bonds. The van der Waals surface area contributed by atoms with E-state index in [1.165, 1.54) is 5.69 Å². The van der Waals surface area contributed by atoms with Crippen molar-refractivity contribution >= 4 is 0 Å². The molecule has 0 bridgehead atoms. The maximum Gasteiger partial charge on any atom is 0.0972 e. The summed E-state index contributed by atoms with van der Waals surface area (Å²) < 4.78 is 4.22. The van der Waals surface area contributed by atoms with Crippen LogP contribution in [0.4, 0.5) is 0 Å². The molecule has 23 heavy (non-hydrogen) atoms. The third-order valence-corrected chi connectivity index (χ3v) is 4.59. The Morgan fingerprint density at radius 2 is 1.96 bits per heavy atom. The molecule has 1 atom stereocenters. The van der Waals surface area contributed by atoms with Gasteiger partial charge in [0.1, 0.15) is 0 Å². The van der Waals surface area contributed by atoms with E-state index in [9.17, 15) is 0 Å². The summed E-state index contributed by atoms with van der Waals surface area (Å²) in [6.07, 6.45) is 5.33. The molecule has 2 aromatic heterocycles. The Morgan fingerprint density at radius 3 is 2.78 bits per heavy atom. The van der Waals surface area contributed by atoms with Crippen LogP contribution in [0.1, 0.15) is 30.8 Å². The molecule has 1 aliphatic heterocycles. The van der Waals surface area contributed by atoms with Crippen molar-refractivity contribution in [3.8, 4) is 5.69 Å². The molecule has 3 heterocycles.